The third kappa shape index (κ3) is 3.77. The summed E-state index contributed by atoms with van der Waals surface area (Å²) in [7, 11) is -0.624. The molecule has 0 spiro atoms. The SMILES string of the molecule is Cc1cc(C(=O)N2CCCSc3ccccc32)cc(S(=O)(=O)N(C)C)c1C. The molecule has 0 N–H and O–H groups in total. The summed E-state index contributed by atoms with van der Waals surface area (Å²) >= 11 is 1.75. The zero-order chi connectivity index (χ0) is 19.8. The van der Waals surface area contributed by atoms with Crippen LogP contribution in [-0.4, -0.2) is 45.0 Å². The van der Waals surface area contributed by atoms with Crippen molar-refractivity contribution in [2.75, 3.05) is 31.3 Å². The Morgan fingerprint density at radius 3 is 2.56 bits per heavy atom. The molecular weight excluding hydrogens is 380 g/mol. The minimum atomic E-state index is -3.63. The molecule has 1 aliphatic rings. The Balaban J connectivity index is 2.10. The van der Waals surface area contributed by atoms with E-state index in [-0.39, 0.29) is 10.8 Å². The third-order valence-electron chi connectivity index (χ3n) is 4.81. The van der Waals surface area contributed by atoms with E-state index in [9.17, 15) is 13.2 Å². The summed E-state index contributed by atoms with van der Waals surface area (Å²) in [6.07, 6.45) is 0.888. The number of hydrogen-bond acceptors (Lipinski definition) is 4. The molecule has 2 aromatic carbocycles. The molecule has 0 atom stereocenters. The zero-order valence-corrected chi connectivity index (χ0v) is 17.7. The fourth-order valence-electron chi connectivity index (χ4n) is 3.11. The summed E-state index contributed by atoms with van der Waals surface area (Å²) in [6.45, 7) is 4.23. The number of hydrogen-bond donors (Lipinski definition) is 0. The van der Waals surface area contributed by atoms with Gasteiger partial charge in [0.2, 0.25) is 10.0 Å². The number of carbonyl (C=O) groups is 1. The van der Waals surface area contributed by atoms with Gasteiger partial charge in [0.15, 0.2) is 0 Å². The molecule has 27 heavy (non-hydrogen) atoms. The second kappa shape index (κ2) is 7.66. The van der Waals surface area contributed by atoms with Gasteiger partial charge in [0.05, 0.1) is 10.6 Å². The van der Waals surface area contributed by atoms with Crippen LogP contribution in [0.4, 0.5) is 5.69 Å². The number of benzene rings is 2. The second-order valence-electron chi connectivity index (χ2n) is 6.83. The van der Waals surface area contributed by atoms with Gasteiger partial charge in [-0.25, -0.2) is 12.7 Å². The van der Waals surface area contributed by atoms with Gasteiger partial charge in [0, 0.05) is 31.1 Å². The van der Waals surface area contributed by atoms with Crippen LogP contribution in [0.2, 0.25) is 0 Å². The van der Waals surface area contributed by atoms with Crippen molar-refractivity contribution >= 4 is 33.4 Å². The summed E-state index contributed by atoms with van der Waals surface area (Å²) in [6, 6.07) is 11.2. The van der Waals surface area contributed by atoms with E-state index >= 15 is 0 Å². The van der Waals surface area contributed by atoms with Crippen molar-refractivity contribution < 1.29 is 13.2 Å². The molecule has 5 nitrogen and oxygen atoms in total. The summed E-state index contributed by atoms with van der Waals surface area (Å²) in [4.78, 5) is 16.4. The fraction of sp³-hybridized carbons (Fsp3) is 0.350. The molecule has 7 heteroatoms. The Labute approximate surface area is 165 Å². The van der Waals surface area contributed by atoms with E-state index in [2.05, 4.69) is 0 Å². The quantitative estimate of drug-likeness (QED) is 0.783. The van der Waals surface area contributed by atoms with Crippen LogP contribution in [0.1, 0.15) is 27.9 Å². The van der Waals surface area contributed by atoms with Gasteiger partial charge < -0.3 is 4.90 Å². The first-order valence-electron chi connectivity index (χ1n) is 8.81. The van der Waals surface area contributed by atoms with E-state index in [0.717, 1.165) is 28.3 Å². The lowest BCUT2D eigenvalue weighted by Gasteiger charge is -2.24. The molecule has 144 valence electrons. The summed E-state index contributed by atoms with van der Waals surface area (Å²) < 4.78 is 26.6. The highest BCUT2D eigenvalue weighted by Crippen LogP contribution is 2.35. The topological polar surface area (TPSA) is 57.7 Å². The van der Waals surface area contributed by atoms with E-state index < -0.39 is 10.0 Å². The molecule has 0 bridgehead atoms. The van der Waals surface area contributed by atoms with Gasteiger partial charge in [-0.2, -0.15) is 0 Å². The highest BCUT2D eigenvalue weighted by atomic mass is 32.2. The molecule has 1 aliphatic heterocycles. The van der Waals surface area contributed by atoms with E-state index in [1.165, 1.54) is 24.5 Å². The van der Waals surface area contributed by atoms with Crippen LogP contribution < -0.4 is 4.90 Å². The predicted octanol–water partition coefficient (Wildman–Crippen LogP) is 3.70. The number of para-hydroxylation sites is 1. The van der Waals surface area contributed by atoms with Crippen molar-refractivity contribution in [1.29, 1.82) is 0 Å². The van der Waals surface area contributed by atoms with Crippen molar-refractivity contribution in [3.63, 3.8) is 0 Å². The lowest BCUT2D eigenvalue weighted by Crippen LogP contribution is -2.32. The molecule has 0 saturated heterocycles. The lowest BCUT2D eigenvalue weighted by molar-refractivity contribution is 0.0986. The van der Waals surface area contributed by atoms with E-state index in [1.54, 1.807) is 29.7 Å². The average Bonchev–Trinajstić information content (AvgIpc) is 2.85. The van der Waals surface area contributed by atoms with Gasteiger partial charge in [-0.1, -0.05) is 12.1 Å². The molecule has 0 fully saturated rings. The zero-order valence-electron chi connectivity index (χ0n) is 16.0. The van der Waals surface area contributed by atoms with Crippen LogP contribution in [-0.2, 0) is 10.0 Å². The first-order valence-corrected chi connectivity index (χ1v) is 11.2. The number of thioether (sulfide) groups is 1. The largest absolute Gasteiger partial charge is 0.307 e. The smallest absolute Gasteiger partial charge is 0.258 e. The van der Waals surface area contributed by atoms with Crippen LogP contribution in [0, 0.1) is 13.8 Å². The van der Waals surface area contributed by atoms with Crippen molar-refractivity contribution in [3.05, 3.63) is 53.1 Å². The van der Waals surface area contributed by atoms with Gasteiger partial charge in [-0.15, -0.1) is 11.8 Å². The maximum Gasteiger partial charge on any atom is 0.258 e. The number of fused-ring (bicyclic) bond motifs is 1. The number of aryl methyl sites for hydroxylation is 1. The van der Waals surface area contributed by atoms with Gasteiger partial charge in [0.1, 0.15) is 0 Å². The Bertz CT molecular complexity index is 985. The number of carbonyl (C=O) groups excluding carboxylic acids is 1. The summed E-state index contributed by atoms with van der Waals surface area (Å²) in [5, 5.41) is 0. The third-order valence-corrected chi connectivity index (χ3v) is 7.90. The minimum absolute atomic E-state index is 0.164. The Kier molecular flexibility index (Phi) is 5.65. The average molecular weight is 405 g/mol. The van der Waals surface area contributed by atoms with E-state index in [0.29, 0.717) is 17.7 Å². The molecule has 2 aromatic rings. The Morgan fingerprint density at radius 1 is 1.15 bits per heavy atom. The Hall–Kier alpha value is -1.83. The van der Waals surface area contributed by atoms with Gasteiger partial charge in [0.25, 0.3) is 5.91 Å². The predicted molar refractivity (Wildman–Crippen MR) is 110 cm³/mol. The molecule has 0 unspecified atom stereocenters. The minimum Gasteiger partial charge on any atom is -0.307 e. The van der Waals surface area contributed by atoms with Crippen LogP contribution in [0.15, 0.2) is 46.2 Å². The molecular formula is C20H24N2O3S2. The molecule has 0 aliphatic carbocycles. The van der Waals surface area contributed by atoms with Gasteiger partial charge in [-0.3, -0.25) is 4.79 Å². The molecule has 1 heterocycles. The molecule has 0 saturated carbocycles. The highest BCUT2D eigenvalue weighted by molar-refractivity contribution is 7.99. The van der Waals surface area contributed by atoms with Crippen molar-refractivity contribution in [2.24, 2.45) is 0 Å². The van der Waals surface area contributed by atoms with Crippen LogP contribution in [0.3, 0.4) is 0 Å². The monoisotopic (exact) mass is 404 g/mol. The number of rotatable bonds is 3. The van der Waals surface area contributed by atoms with Gasteiger partial charge in [-0.05, 0) is 61.4 Å². The normalized spacial score (nSPS) is 14.8. The van der Waals surface area contributed by atoms with Crippen LogP contribution in [0.5, 0.6) is 0 Å². The van der Waals surface area contributed by atoms with Gasteiger partial charge >= 0.3 is 0 Å². The second-order valence-corrected chi connectivity index (χ2v) is 10.1. The summed E-state index contributed by atoms with van der Waals surface area (Å²) in [5.41, 5.74) is 2.76. The lowest BCUT2D eigenvalue weighted by atomic mass is 10.0. The number of anilines is 1. The molecule has 1 amide bonds. The highest BCUT2D eigenvalue weighted by Gasteiger charge is 2.26. The first kappa shape index (κ1) is 19.9. The van der Waals surface area contributed by atoms with Crippen molar-refractivity contribution in [1.82, 2.24) is 4.31 Å². The van der Waals surface area contributed by atoms with Crippen LogP contribution in [0.25, 0.3) is 0 Å². The van der Waals surface area contributed by atoms with E-state index in [4.69, 9.17) is 0 Å². The Morgan fingerprint density at radius 2 is 1.85 bits per heavy atom. The van der Waals surface area contributed by atoms with Crippen LogP contribution >= 0.6 is 11.8 Å². The molecule has 3 rings (SSSR count). The van der Waals surface area contributed by atoms with Crippen molar-refractivity contribution in [2.45, 2.75) is 30.1 Å². The molecule has 0 radical (unpaired) electrons. The maximum absolute atomic E-state index is 13.3. The number of nitrogens with zero attached hydrogens (tertiary/aromatic N) is 2. The van der Waals surface area contributed by atoms with E-state index in [1.807, 2.05) is 31.2 Å². The molecule has 0 aromatic heterocycles. The fourth-order valence-corrected chi connectivity index (χ4v) is 5.32. The number of amides is 1. The standard InChI is InChI=1S/C20H24N2O3S2/c1-14-12-16(13-19(15(14)2)27(24,25)21(3)4)20(23)22-10-7-11-26-18-9-6-5-8-17(18)22/h5-6,8-9,12-13H,7,10-11H2,1-4H3. The maximum atomic E-state index is 13.3. The number of sulfonamides is 1. The summed E-state index contributed by atoms with van der Waals surface area (Å²) in [5.74, 6) is 0.789. The van der Waals surface area contributed by atoms with Crippen molar-refractivity contribution in [3.8, 4) is 0 Å². The first-order chi connectivity index (χ1) is 12.7.